The Morgan fingerprint density at radius 1 is 1.08 bits per heavy atom. The average Bonchev–Trinajstić information content (AvgIpc) is 2.96. The van der Waals surface area contributed by atoms with Gasteiger partial charge in [0.05, 0.1) is 16.9 Å². The first-order chi connectivity index (χ1) is 11.6. The van der Waals surface area contributed by atoms with E-state index < -0.39 is 6.03 Å². The van der Waals surface area contributed by atoms with Crippen LogP contribution in [0.1, 0.15) is 0 Å². The highest BCUT2D eigenvalue weighted by Crippen LogP contribution is 2.32. The second-order valence-electron chi connectivity index (χ2n) is 5.70. The number of primary amides is 1. The maximum atomic E-state index is 12.2. The molecule has 0 unspecified atom stereocenters. The quantitative estimate of drug-likeness (QED) is 0.608. The molecule has 2 N–H and O–H groups in total. The maximum absolute atomic E-state index is 12.2. The van der Waals surface area contributed by atoms with Crippen LogP contribution in [-0.2, 0) is 7.05 Å². The van der Waals surface area contributed by atoms with Gasteiger partial charge in [-0.2, -0.15) is 0 Å². The number of pyridine rings is 1. The van der Waals surface area contributed by atoms with E-state index in [1.54, 1.807) is 6.20 Å². The van der Waals surface area contributed by atoms with Crippen molar-refractivity contribution in [2.75, 3.05) is 4.90 Å². The number of aryl methyl sites for hydroxylation is 1. The van der Waals surface area contributed by atoms with Crippen LogP contribution in [0.25, 0.3) is 21.8 Å². The number of rotatable bonds is 2. The summed E-state index contributed by atoms with van der Waals surface area (Å²) in [6.07, 6.45) is 3.70. The third kappa shape index (κ3) is 2.18. The second-order valence-corrected chi connectivity index (χ2v) is 5.70. The molecule has 0 saturated heterocycles. The van der Waals surface area contributed by atoms with E-state index in [2.05, 4.69) is 4.98 Å². The summed E-state index contributed by atoms with van der Waals surface area (Å²) in [5.41, 5.74) is 8.93. The Hall–Kier alpha value is -3.34. The van der Waals surface area contributed by atoms with E-state index in [4.69, 9.17) is 5.73 Å². The number of amides is 2. The van der Waals surface area contributed by atoms with Crippen LogP contribution in [0.3, 0.4) is 0 Å². The van der Waals surface area contributed by atoms with Gasteiger partial charge in [0.2, 0.25) is 0 Å². The third-order valence-electron chi connectivity index (χ3n) is 4.20. The molecule has 4 aromatic rings. The number of anilines is 2. The van der Waals surface area contributed by atoms with Crippen molar-refractivity contribution in [1.29, 1.82) is 0 Å². The lowest BCUT2D eigenvalue weighted by Crippen LogP contribution is -2.31. The van der Waals surface area contributed by atoms with Crippen molar-refractivity contribution >= 4 is 39.2 Å². The van der Waals surface area contributed by atoms with E-state index in [1.165, 1.54) is 4.90 Å². The molecule has 118 valence electrons. The molecule has 0 fully saturated rings. The Bertz CT molecular complexity index is 1060. The molecule has 2 aromatic heterocycles. The highest BCUT2D eigenvalue weighted by atomic mass is 16.2. The fraction of sp³-hybridized carbons (Fsp3) is 0.0526. The average molecular weight is 316 g/mol. The summed E-state index contributed by atoms with van der Waals surface area (Å²) in [5.74, 6) is 0. The van der Waals surface area contributed by atoms with Crippen molar-refractivity contribution < 1.29 is 4.79 Å². The van der Waals surface area contributed by atoms with Crippen LogP contribution < -0.4 is 10.6 Å². The number of urea groups is 1. The van der Waals surface area contributed by atoms with Crippen molar-refractivity contribution in [3.05, 3.63) is 67.0 Å². The fourth-order valence-corrected chi connectivity index (χ4v) is 3.06. The topological polar surface area (TPSA) is 64.2 Å². The first-order valence-corrected chi connectivity index (χ1v) is 7.63. The molecule has 0 saturated carbocycles. The zero-order chi connectivity index (χ0) is 16.7. The molecular formula is C19H16N4O. The Kier molecular flexibility index (Phi) is 3.20. The van der Waals surface area contributed by atoms with Gasteiger partial charge in [-0.1, -0.05) is 18.2 Å². The Morgan fingerprint density at radius 2 is 1.92 bits per heavy atom. The van der Waals surface area contributed by atoms with Gasteiger partial charge in [-0.05, 0) is 36.4 Å². The third-order valence-corrected chi connectivity index (χ3v) is 4.20. The summed E-state index contributed by atoms with van der Waals surface area (Å²) >= 11 is 0. The van der Waals surface area contributed by atoms with Gasteiger partial charge in [-0.3, -0.25) is 9.88 Å². The summed E-state index contributed by atoms with van der Waals surface area (Å²) in [7, 11) is 1.99. The summed E-state index contributed by atoms with van der Waals surface area (Å²) in [6, 6.07) is 16.9. The molecular weight excluding hydrogens is 300 g/mol. The van der Waals surface area contributed by atoms with E-state index in [0.29, 0.717) is 5.69 Å². The van der Waals surface area contributed by atoms with Gasteiger partial charge in [0.15, 0.2) is 0 Å². The minimum atomic E-state index is -0.538. The minimum absolute atomic E-state index is 0.538. The monoisotopic (exact) mass is 316 g/mol. The number of hydrogen-bond acceptors (Lipinski definition) is 2. The zero-order valence-corrected chi connectivity index (χ0v) is 13.2. The van der Waals surface area contributed by atoms with Crippen molar-refractivity contribution in [1.82, 2.24) is 9.55 Å². The molecule has 24 heavy (non-hydrogen) atoms. The van der Waals surface area contributed by atoms with Gasteiger partial charge in [0.25, 0.3) is 0 Å². The summed E-state index contributed by atoms with van der Waals surface area (Å²) in [6.45, 7) is 0. The molecule has 2 aromatic carbocycles. The molecule has 0 aliphatic rings. The minimum Gasteiger partial charge on any atom is -0.351 e. The summed E-state index contributed by atoms with van der Waals surface area (Å²) in [4.78, 5) is 18.1. The predicted octanol–water partition coefficient (Wildman–Crippen LogP) is 3.94. The molecule has 0 aliphatic heterocycles. The van der Waals surface area contributed by atoms with Gasteiger partial charge in [0.1, 0.15) is 0 Å². The summed E-state index contributed by atoms with van der Waals surface area (Å²) in [5, 5.41) is 2.01. The van der Waals surface area contributed by atoms with Crippen molar-refractivity contribution in [3.63, 3.8) is 0 Å². The molecule has 4 rings (SSSR count). The molecule has 0 radical (unpaired) electrons. The van der Waals surface area contributed by atoms with Gasteiger partial charge < -0.3 is 10.3 Å². The van der Waals surface area contributed by atoms with Crippen molar-refractivity contribution in [2.24, 2.45) is 12.8 Å². The number of fused-ring (bicyclic) bond motifs is 2. The van der Waals surface area contributed by atoms with Crippen LogP contribution in [0.2, 0.25) is 0 Å². The van der Waals surface area contributed by atoms with Crippen LogP contribution in [0.4, 0.5) is 16.2 Å². The Labute approximate surface area is 138 Å². The molecule has 2 amide bonds. The van der Waals surface area contributed by atoms with Crippen molar-refractivity contribution in [2.45, 2.75) is 0 Å². The van der Waals surface area contributed by atoms with E-state index in [0.717, 1.165) is 27.5 Å². The molecule has 0 spiro atoms. The van der Waals surface area contributed by atoms with Gasteiger partial charge >= 0.3 is 6.03 Å². The lowest BCUT2D eigenvalue weighted by Gasteiger charge is -2.22. The number of nitrogens with two attached hydrogens (primary N) is 1. The van der Waals surface area contributed by atoms with Crippen LogP contribution in [0.15, 0.2) is 67.0 Å². The fourth-order valence-electron chi connectivity index (χ4n) is 3.06. The highest BCUT2D eigenvalue weighted by Gasteiger charge is 2.18. The predicted molar refractivity (Wildman–Crippen MR) is 96.4 cm³/mol. The van der Waals surface area contributed by atoms with Crippen LogP contribution in [0.5, 0.6) is 0 Å². The first kappa shape index (κ1) is 14.3. The van der Waals surface area contributed by atoms with Gasteiger partial charge in [-0.25, -0.2) is 4.79 Å². The van der Waals surface area contributed by atoms with E-state index in [1.807, 2.05) is 72.4 Å². The molecule has 0 bridgehead atoms. The first-order valence-electron chi connectivity index (χ1n) is 7.63. The van der Waals surface area contributed by atoms with Gasteiger partial charge in [0, 0.05) is 35.7 Å². The maximum Gasteiger partial charge on any atom is 0.323 e. The zero-order valence-electron chi connectivity index (χ0n) is 13.2. The van der Waals surface area contributed by atoms with Crippen LogP contribution >= 0.6 is 0 Å². The molecule has 0 atom stereocenters. The lowest BCUT2D eigenvalue weighted by atomic mass is 10.1. The molecule has 5 nitrogen and oxygen atoms in total. The normalized spacial score (nSPS) is 11.0. The van der Waals surface area contributed by atoms with Crippen LogP contribution in [0, 0.1) is 0 Å². The molecule has 0 aliphatic carbocycles. The largest absolute Gasteiger partial charge is 0.351 e. The number of hydrogen-bond donors (Lipinski definition) is 1. The lowest BCUT2D eigenvalue weighted by molar-refractivity contribution is 0.256. The number of aromatic nitrogens is 2. The SMILES string of the molecule is Cn1ccc2cc(N(C(N)=O)c3cccc4cccnc34)ccc21. The number of benzene rings is 2. The number of carbonyl (C=O) groups is 1. The number of para-hydroxylation sites is 1. The van der Waals surface area contributed by atoms with Gasteiger partial charge in [-0.15, -0.1) is 0 Å². The summed E-state index contributed by atoms with van der Waals surface area (Å²) < 4.78 is 2.03. The molecule has 5 heteroatoms. The smallest absolute Gasteiger partial charge is 0.323 e. The molecule has 2 heterocycles. The second kappa shape index (κ2) is 5.38. The number of carbonyl (C=O) groups excluding carboxylic acids is 1. The Morgan fingerprint density at radius 3 is 2.75 bits per heavy atom. The van der Waals surface area contributed by atoms with Crippen LogP contribution in [-0.4, -0.2) is 15.6 Å². The number of nitrogens with zero attached hydrogens (tertiary/aromatic N) is 3. The Balaban J connectivity index is 1.94. The van der Waals surface area contributed by atoms with E-state index in [-0.39, 0.29) is 0 Å². The van der Waals surface area contributed by atoms with E-state index in [9.17, 15) is 4.79 Å². The van der Waals surface area contributed by atoms with Crippen molar-refractivity contribution in [3.8, 4) is 0 Å². The highest BCUT2D eigenvalue weighted by molar-refractivity contribution is 6.06. The standard InChI is InChI=1S/C19H16N4O/c1-22-11-9-14-12-15(7-8-16(14)22)23(19(20)24)17-6-2-4-13-5-3-10-21-18(13)17/h2-12H,1H3,(H2,20,24). The van der Waals surface area contributed by atoms with E-state index >= 15 is 0 Å².